The van der Waals surface area contributed by atoms with E-state index in [0.29, 0.717) is 0 Å². The van der Waals surface area contributed by atoms with E-state index < -0.39 is 25.7 Å². The fourth-order valence-corrected chi connectivity index (χ4v) is 6.70. The van der Waals surface area contributed by atoms with Crippen molar-refractivity contribution in [3.8, 4) is 11.1 Å². The Balaban J connectivity index is 1.12. The normalized spacial score (nSPS) is 13.0. The van der Waals surface area contributed by atoms with Crippen LogP contribution in [0.1, 0.15) is 28.2 Å². The Morgan fingerprint density at radius 1 is 0.804 bits per heavy atom. The number of fused-ring (bicyclic) bond motifs is 3. The molecular weight excluding hydrogens is 607 g/mol. The van der Waals surface area contributed by atoms with Crippen LogP contribution in [0.5, 0.6) is 0 Å². The molecule has 0 fully saturated rings. The zero-order valence-electron chi connectivity index (χ0n) is 24.6. The van der Waals surface area contributed by atoms with Gasteiger partial charge in [-0.15, -0.1) is 5.10 Å². The van der Waals surface area contributed by atoms with Crippen molar-refractivity contribution >= 4 is 25.1 Å². The Bertz CT molecular complexity index is 1770. The fraction of sp³-hybridized carbons (Fsp3) is 0.176. The summed E-state index contributed by atoms with van der Waals surface area (Å²) in [5.74, 6) is -1.49. The first-order chi connectivity index (χ1) is 22.4. The maximum absolute atomic E-state index is 14.0. The summed E-state index contributed by atoms with van der Waals surface area (Å²) >= 11 is 0. The third-order valence-corrected chi connectivity index (χ3v) is 9.30. The third-order valence-electron chi connectivity index (χ3n) is 7.60. The number of benzene rings is 4. The van der Waals surface area contributed by atoms with Gasteiger partial charge in [-0.2, -0.15) is 0 Å². The zero-order valence-corrected chi connectivity index (χ0v) is 25.5. The molecule has 0 aliphatic heterocycles. The standard InChI is InChI=1S/C34H31N4O7P/c39-33(40)31(35-34(41)43-23-30-28-17-9-7-15-26(28)27-16-8-10-18-29(27)30)19-38-20-32(36-37-38)46(42,44-21-24-11-3-1-4-12-24)45-22-25-13-5-2-6-14-25/h1-18,20,30-31H,19,21-23H2,(H,35,41)(H,39,40)/t31-/m1/s1. The number of alkyl carbamates (subject to hydrolysis) is 1. The summed E-state index contributed by atoms with van der Waals surface area (Å²) in [6.45, 7) is -0.314. The van der Waals surface area contributed by atoms with Crippen LogP contribution in [0.2, 0.25) is 0 Å². The van der Waals surface area contributed by atoms with E-state index in [-0.39, 0.29) is 37.7 Å². The quantitative estimate of drug-likeness (QED) is 0.159. The first-order valence-electron chi connectivity index (χ1n) is 14.6. The molecule has 11 nitrogen and oxygen atoms in total. The van der Waals surface area contributed by atoms with Crippen molar-refractivity contribution in [2.75, 3.05) is 6.61 Å². The van der Waals surface area contributed by atoms with Crippen LogP contribution in [-0.4, -0.2) is 44.8 Å². The van der Waals surface area contributed by atoms with Gasteiger partial charge in [0.05, 0.1) is 26.0 Å². The molecular formula is C34H31N4O7P. The van der Waals surface area contributed by atoms with Gasteiger partial charge in [0, 0.05) is 5.92 Å². The maximum Gasteiger partial charge on any atom is 0.407 e. The van der Waals surface area contributed by atoms with E-state index in [0.717, 1.165) is 33.4 Å². The van der Waals surface area contributed by atoms with Gasteiger partial charge in [0.2, 0.25) is 0 Å². The molecule has 0 radical (unpaired) electrons. The molecule has 2 N–H and O–H groups in total. The van der Waals surface area contributed by atoms with E-state index in [1.54, 1.807) is 0 Å². The molecule has 234 valence electrons. The Morgan fingerprint density at radius 2 is 1.33 bits per heavy atom. The molecule has 1 heterocycles. The third kappa shape index (κ3) is 7.07. The van der Waals surface area contributed by atoms with Crippen LogP contribution in [0, 0.1) is 0 Å². The van der Waals surface area contributed by atoms with Crippen LogP contribution in [0.25, 0.3) is 11.1 Å². The highest BCUT2D eigenvalue weighted by molar-refractivity contribution is 7.61. The summed E-state index contributed by atoms with van der Waals surface area (Å²) in [6, 6.07) is 32.8. The highest BCUT2D eigenvalue weighted by Crippen LogP contribution is 2.48. The number of carboxylic acids is 1. The number of nitrogens with zero attached hydrogens (tertiary/aromatic N) is 3. The lowest BCUT2D eigenvalue weighted by molar-refractivity contribution is -0.139. The Morgan fingerprint density at radius 3 is 1.87 bits per heavy atom. The molecule has 5 aromatic rings. The Hall–Kier alpha value is -5.09. The van der Waals surface area contributed by atoms with Gasteiger partial charge in [0.25, 0.3) is 0 Å². The van der Waals surface area contributed by atoms with Crippen molar-refractivity contribution in [2.45, 2.75) is 31.7 Å². The molecule has 0 saturated heterocycles. The summed E-state index contributed by atoms with van der Waals surface area (Å²) in [5.41, 5.74) is 5.69. The molecule has 1 aromatic heterocycles. The fourth-order valence-electron chi connectivity index (χ4n) is 5.29. The summed E-state index contributed by atoms with van der Waals surface area (Å²) < 4.78 is 32.3. The second-order valence-corrected chi connectivity index (χ2v) is 12.6. The SMILES string of the molecule is O=C(N[C@H](Cn1cc(P(=O)(OCc2ccccc2)OCc2ccccc2)nn1)C(=O)O)OCC1c2ccccc2-c2ccccc21. The number of amides is 1. The smallest absolute Gasteiger partial charge is 0.407 e. The second kappa shape index (κ2) is 13.9. The number of nitrogens with one attached hydrogen (secondary N) is 1. The Kier molecular flexibility index (Phi) is 9.35. The first kappa shape index (κ1) is 30.9. The monoisotopic (exact) mass is 638 g/mol. The highest BCUT2D eigenvalue weighted by atomic mass is 31.2. The molecule has 12 heteroatoms. The van der Waals surface area contributed by atoms with E-state index in [1.165, 1.54) is 10.9 Å². The van der Waals surface area contributed by atoms with Crippen LogP contribution in [0.4, 0.5) is 4.79 Å². The summed E-state index contributed by atoms with van der Waals surface area (Å²) in [5, 5.41) is 20.2. The first-order valence-corrected chi connectivity index (χ1v) is 16.2. The number of ether oxygens (including phenoxy) is 1. The van der Waals surface area contributed by atoms with Gasteiger partial charge >= 0.3 is 19.7 Å². The number of carboxylic acid groups (broad SMARTS) is 1. The zero-order chi connectivity index (χ0) is 31.9. The van der Waals surface area contributed by atoms with Gasteiger partial charge < -0.3 is 15.2 Å². The Labute approximate surface area is 265 Å². The molecule has 0 saturated carbocycles. The summed E-state index contributed by atoms with van der Waals surface area (Å²) in [6.07, 6.45) is 0.407. The van der Waals surface area contributed by atoms with Gasteiger partial charge in [0.15, 0.2) is 5.44 Å². The van der Waals surface area contributed by atoms with Gasteiger partial charge in [-0.1, -0.05) is 114 Å². The topological polar surface area (TPSA) is 142 Å². The predicted molar refractivity (Wildman–Crippen MR) is 169 cm³/mol. The van der Waals surface area contributed by atoms with Gasteiger partial charge in [-0.25, -0.2) is 14.3 Å². The number of hydrogen-bond donors (Lipinski definition) is 2. The average molecular weight is 639 g/mol. The van der Waals surface area contributed by atoms with Crippen LogP contribution < -0.4 is 10.8 Å². The van der Waals surface area contributed by atoms with Gasteiger partial charge in [-0.3, -0.25) is 13.6 Å². The molecule has 4 aromatic carbocycles. The highest BCUT2D eigenvalue weighted by Gasteiger charge is 2.33. The summed E-state index contributed by atoms with van der Waals surface area (Å²) in [4.78, 5) is 24.9. The average Bonchev–Trinajstić information content (AvgIpc) is 3.69. The lowest BCUT2D eigenvalue weighted by atomic mass is 9.98. The molecule has 0 unspecified atom stereocenters. The largest absolute Gasteiger partial charge is 0.480 e. The van der Waals surface area contributed by atoms with Crippen LogP contribution in [0.15, 0.2) is 115 Å². The summed E-state index contributed by atoms with van der Waals surface area (Å²) in [7, 11) is -4.01. The molecule has 1 atom stereocenters. The minimum absolute atomic E-state index is 0.0130. The molecule has 1 aliphatic carbocycles. The van der Waals surface area contributed by atoms with Crippen molar-refractivity contribution in [1.29, 1.82) is 0 Å². The van der Waals surface area contributed by atoms with Crippen LogP contribution in [-0.2, 0) is 42.9 Å². The van der Waals surface area contributed by atoms with E-state index in [2.05, 4.69) is 15.6 Å². The van der Waals surface area contributed by atoms with E-state index in [9.17, 15) is 19.3 Å². The van der Waals surface area contributed by atoms with E-state index >= 15 is 0 Å². The number of carbonyl (C=O) groups is 2. The molecule has 0 bridgehead atoms. The van der Waals surface area contributed by atoms with Crippen molar-refractivity contribution in [3.05, 3.63) is 138 Å². The molecule has 1 aliphatic rings. The van der Waals surface area contributed by atoms with Crippen molar-refractivity contribution < 1.29 is 33.0 Å². The predicted octanol–water partition coefficient (Wildman–Crippen LogP) is 5.52. The maximum atomic E-state index is 14.0. The number of rotatable bonds is 13. The van der Waals surface area contributed by atoms with Crippen molar-refractivity contribution in [2.24, 2.45) is 0 Å². The minimum atomic E-state index is -4.01. The number of aliphatic carboxylic acids is 1. The number of carbonyl (C=O) groups excluding carboxylic acids is 1. The van der Waals surface area contributed by atoms with E-state index in [1.807, 2.05) is 109 Å². The molecule has 1 amide bonds. The van der Waals surface area contributed by atoms with Crippen LogP contribution >= 0.6 is 7.60 Å². The van der Waals surface area contributed by atoms with Crippen LogP contribution in [0.3, 0.4) is 0 Å². The van der Waals surface area contributed by atoms with Gasteiger partial charge in [0.1, 0.15) is 12.6 Å². The second-order valence-electron chi connectivity index (χ2n) is 10.7. The number of aromatic nitrogens is 3. The van der Waals surface area contributed by atoms with E-state index in [4.69, 9.17) is 13.8 Å². The number of hydrogen-bond acceptors (Lipinski definition) is 8. The molecule has 6 rings (SSSR count). The van der Waals surface area contributed by atoms with Crippen molar-refractivity contribution in [1.82, 2.24) is 20.3 Å². The molecule has 46 heavy (non-hydrogen) atoms. The lowest BCUT2D eigenvalue weighted by Crippen LogP contribution is -2.44. The lowest BCUT2D eigenvalue weighted by Gasteiger charge is -2.17. The van der Waals surface area contributed by atoms with Gasteiger partial charge in [-0.05, 0) is 33.4 Å². The van der Waals surface area contributed by atoms with Crippen molar-refractivity contribution in [3.63, 3.8) is 0 Å². The molecule has 0 spiro atoms. The minimum Gasteiger partial charge on any atom is -0.480 e.